The molecule has 0 aliphatic carbocycles. The molecule has 88 valence electrons. The van der Waals surface area contributed by atoms with Gasteiger partial charge in [-0.1, -0.05) is 0 Å². The minimum Gasteiger partial charge on any atom is -0.460 e. The fourth-order valence-corrected chi connectivity index (χ4v) is 1.38. The van der Waals surface area contributed by atoms with Crippen molar-refractivity contribution in [1.82, 2.24) is 10.1 Å². The van der Waals surface area contributed by atoms with Crippen molar-refractivity contribution < 1.29 is 18.8 Å². The quantitative estimate of drug-likeness (QED) is 0.677. The van der Waals surface area contributed by atoms with Gasteiger partial charge in [0.2, 0.25) is 0 Å². The number of rotatable bonds is 3. The van der Waals surface area contributed by atoms with Crippen LogP contribution in [0.15, 0.2) is 4.52 Å². The Balaban J connectivity index is 2.03. The average molecular weight is 227 g/mol. The van der Waals surface area contributed by atoms with Crippen LogP contribution in [0.2, 0.25) is 0 Å². The molecule has 0 spiro atoms. The smallest absolute Gasteiger partial charge is 0.380 e. The molecule has 1 aliphatic rings. The van der Waals surface area contributed by atoms with E-state index in [1.807, 2.05) is 4.90 Å². The number of carbonyl (C=O) groups is 1. The Kier molecular flexibility index (Phi) is 3.35. The average Bonchev–Trinajstić information content (AvgIpc) is 2.80. The van der Waals surface area contributed by atoms with Crippen molar-refractivity contribution in [3.05, 3.63) is 5.82 Å². The Hall–Kier alpha value is -1.63. The van der Waals surface area contributed by atoms with Crippen molar-refractivity contribution in [2.75, 3.05) is 37.8 Å². The third-order valence-corrected chi connectivity index (χ3v) is 2.15. The SMILES string of the molecule is CCOC(=O)c1noc(N2CCOCC2)n1. The molecule has 7 heteroatoms. The zero-order valence-corrected chi connectivity index (χ0v) is 9.01. The van der Waals surface area contributed by atoms with Gasteiger partial charge in [0.15, 0.2) is 0 Å². The molecule has 0 N–H and O–H groups in total. The van der Waals surface area contributed by atoms with Crippen molar-refractivity contribution in [3.8, 4) is 0 Å². The fourth-order valence-electron chi connectivity index (χ4n) is 1.38. The van der Waals surface area contributed by atoms with Gasteiger partial charge in [-0.05, 0) is 12.1 Å². The molecule has 0 bridgehead atoms. The van der Waals surface area contributed by atoms with E-state index >= 15 is 0 Å². The van der Waals surface area contributed by atoms with Gasteiger partial charge in [0.25, 0.3) is 5.82 Å². The molecule has 0 unspecified atom stereocenters. The van der Waals surface area contributed by atoms with Crippen LogP contribution >= 0.6 is 0 Å². The summed E-state index contributed by atoms with van der Waals surface area (Å²) in [6.45, 7) is 4.63. The van der Waals surface area contributed by atoms with Crippen LogP contribution in [0.4, 0.5) is 6.01 Å². The summed E-state index contributed by atoms with van der Waals surface area (Å²) in [5.41, 5.74) is 0. The molecule has 0 amide bonds. The summed E-state index contributed by atoms with van der Waals surface area (Å²) < 4.78 is 14.9. The van der Waals surface area contributed by atoms with Crippen molar-refractivity contribution in [2.45, 2.75) is 6.92 Å². The van der Waals surface area contributed by atoms with Crippen LogP contribution < -0.4 is 4.90 Å². The Morgan fingerprint density at radius 1 is 1.50 bits per heavy atom. The van der Waals surface area contributed by atoms with Gasteiger partial charge in [0.05, 0.1) is 19.8 Å². The molecule has 2 rings (SSSR count). The van der Waals surface area contributed by atoms with Crippen molar-refractivity contribution in [3.63, 3.8) is 0 Å². The minimum atomic E-state index is -0.564. The molecule has 0 saturated carbocycles. The maximum absolute atomic E-state index is 11.3. The van der Waals surface area contributed by atoms with E-state index in [9.17, 15) is 4.79 Å². The second-order valence-corrected chi connectivity index (χ2v) is 3.22. The topological polar surface area (TPSA) is 77.7 Å². The number of morpholine rings is 1. The van der Waals surface area contributed by atoms with E-state index in [4.69, 9.17) is 14.0 Å². The summed E-state index contributed by atoms with van der Waals surface area (Å²) in [5.74, 6) is -0.603. The number of esters is 1. The summed E-state index contributed by atoms with van der Waals surface area (Å²) in [4.78, 5) is 17.1. The Morgan fingerprint density at radius 3 is 2.94 bits per heavy atom. The van der Waals surface area contributed by atoms with E-state index in [-0.39, 0.29) is 5.82 Å². The van der Waals surface area contributed by atoms with Gasteiger partial charge in [0, 0.05) is 13.1 Å². The monoisotopic (exact) mass is 227 g/mol. The molecule has 0 radical (unpaired) electrons. The Morgan fingerprint density at radius 2 is 2.25 bits per heavy atom. The number of anilines is 1. The lowest BCUT2D eigenvalue weighted by molar-refractivity contribution is 0.0508. The summed E-state index contributed by atoms with van der Waals surface area (Å²) in [7, 11) is 0. The highest BCUT2D eigenvalue weighted by Gasteiger charge is 2.21. The van der Waals surface area contributed by atoms with Crippen LogP contribution in [0.1, 0.15) is 17.5 Å². The minimum absolute atomic E-state index is 0.0386. The van der Waals surface area contributed by atoms with Gasteiger partial charge in [-0.15, -0.1) is 0 Å². The van der Waals surface area contributed by atoms with Gasteiger partial charge in [-0.3, -0.25) is 0 Å². The fraction of sp³-hybridized carbons (Fsp3) is 0.667. The lowest BCUT2D eigenvalue weighted by Gasteiger charge is -2.24. The van der Waals surface area contributed by atoms with E-state index in [1.165, 1.54) is 0 Å². The van der Waals surface area contributed by atoms with Gasteiger partial charge >= 0.3 is 12.0 Å². The molecule has 16 heavy (non-hydrogen) atoms. The highest BCUT2D eigenvalue weighted by Crippen LogP contribution is 2.12. The molecular weight excluding hydrogens is 214 g/mol. The van der Waals surface area contributed by atoms with E-state index in [1.54, 1.807) is 6.92 Å². The van der Waals surface area contributed by atoms with E-state index in [2.05, 4.69) is 10.1 Å². The van der Waals surface area contributed by atoms with E-state index in [0.717, 1.165) is 0 Å². The lowest BCUT2D eigenvalue weighted by Crippen LogP contribution is -2.36. The first-order valence-corrected chi connectivity index (χ1v) is 5.14. The van der Waals surface area contributed by atoms with Crippen molar-refractivity contribution >= 4 is 12.0 Å². The third kappa shape index (κ3) is 2.30. The lowest BCUT2D eigenvalue weighted by atomic mass is 10.4. The first-order valence-electron chi connectivity index (χ1n) is 5.14. The zero-order chi connectivity index (χ0) is 11.4. The van der Waals surface area contributed by atoms with Crippen LogP contribution in [0.25, 0.3) is 0 Å². The van der Waals surface area contributed by atoms with Gasteiger partial charge < -0.3 is 18.9 Å². The van der Waals surface area contributed by atoms with E-state index < -0.39 is 5.97 Å². The third-order valence-electron chi connectivity index (χ3n) is 2.15. The second-order valence-electron chi connectivity index (χ2n) is 3.22. The number of aromatic nitrogens is 2. The molecule has 1 aromatic heterocycles. The van der Waals surface area contributed by atoms with Crippen LogP contribution in [0, 0.1) is 0 Å². The molecule has 2 heterocycles. The summed E-state index contributed by atoms with van der Waals surface area (Å²) in [6.07, 6.45) is 0. The molecule has 1 saturated heterocycles. The Labute approximate surface area is 92.3 Å². The summed E-state index contributed by atoms with van der Waals surface area (Å²) >= 11 is 0. The second kappa shape index (κ2) is 4.93. The normalized spacial score (nSPS) is 16.2. The number of hydrogen-bond donors (Lipinski definition) is 0. The van der Waals surface area contributed by atoms with Crippen LogP contribution in [0.5, 0.6) is 0 Å². The number of hydrogen-bond acceptors (Lipinski definition) is 7. The molecule has 1 fully saturated rings. The van der Waals surface area contributed by atoms with Gasteiger partial charge in [0.1, 0.15) is 0 Å². The largest absolute Gasteiger partial charge is 0.460 e. The first kappa shape index (κ1) is 10.9. The first-order chi connectivity index (χ1) is 7.81. The van der Waals surface area contributed by atoms with Gasteiger partial charge in [-0.2, -0.15) is 4.98 Å². The summed E-state index contributed by atoms with van der Waals surface area (Å²) in [5, 5.41) is 3.57. The molecule has 1 aliphatic heterocycles. The highest BCUT2D eigenvalue weighted by atomic mass is 16.5. The van der Waals surface area contributed by atoms with Crippen LogP contribution in [-0.2, 0) is 9.47 Å². The number of ether oxygens (including phenoxy) is 2. The van der Waals surface area contributed by atoms with E-state index in [0.29, 0.717) is 38.9 Å². The molecule has 0 atom stereocenters. The van der Waals surface area contributed by atoms with Crippen molar-refractivity contribution in [2.24, 2.45) is 0 Å². The van der Waals surface area contributed by atoms with Crippen LogP contribution in [-0.4, -0.2) is 49.0 Å². The molecule has 1 aromatic rings. The zero-order valence-electron chi connectivity index (χ0n) is 9.01. The standard InChI is InChI=1S/C9H13N3O4/c1-2-15-8(13)7-10-9(16-11-7)12-3-5-14-6-4-12/h2-6H2,1H3. The predicted molar refractivity (Wildman–Crippen MR) is 53.3 cm³/mol. The predicted octanol–water partition coefficient (Wildman–Crippen LogP) is 0.0829. The molecule has 0 aromatic carbocycles. The molecule has 7 nitrogen and oxygen atoms in total. The summed E-state index contributed by atoms with van der Waals surface area (Å²) in [6, 6.07) is 0.339. The maximum Gasteiger partial charge on any atom is 0.380 e. The maximum atomic E-state index is 11.3. The number of carbonyl (C=O) groups excluding carboxylic acids is 1. The molecular formula is C9H13N3O4. The van der Waals surface area contributed by atoms with Crippen molar-refractivity contribution in [1.29, 1.82) is 0 Å². The number of nitrogens with zero attached hydrogens (tertiary/aromatic N) is 3. The Bertz CT molecular complexity index is 359. The van der Waals surface area contributed by atoms with Gasteiger partial charge in [-0.25, -0.2) is 4.79 Å². The highest BCUT2D eigenvalue weighted by molar-refractivity contribution is 5.85. The van der Waals surface area contributed by atoms with Crippen LogP contribution in [0.3, 0.4) is 0 Å².